The molecule has 1 heterocycles. The van der Waals surface area contributed by atoms with Crippen LogP contribution in [0, 0.1) is 0 Å². The van der Waals surface area contributed by atoms with E-state index in [1.165, 1.54) is 0 Å². The molecule has 0 aliphatic rings. The van der Waals surface area contributed by atoms with E-state index in [9.17, 15) is 4.79 Å². The number of hydrogen-bond acceptors (Lipinski definition) is 5. The van der Waals surface area contributed by atoms with Gasteiger partial charge in [0.25, 0.3) is 0 Å². The fourth-order valence-electron chi connectivity index (χ4n) is 2.12. The van der Waals surface area contributed by atoms with E-state index in [4.69, 9.17) is 9.47 Å². The number of carbonyl (C=O) groups is 1. The minimum absolute atomic E-state index is 0.0631. The number of aryl methyl sites for hydroxylation is 1. The Labute approximate surface area is 140 Å². The molecule has 0 atom stereocenters. The molecule has 0 bridgehead atoms. The molecular formula is C17H22N2O3S. The first kappa shape index (κ1) is 17.4. The highest BCUT2D eigenvalue weighted by Gasteiger charge is 2.05. The van der Waals surface area contributed by atoms with E-state index in [0.717, 1.165) is 34.9 Å². The zero-order valence-electron chi connectivity index (χ0n) is 13.5. The molecule has 2 rings (SSSR count). The van der Waals surface area contributed by atoms with Crippen LogP contribution >= 0.6 is 11.3 Å². The molecule has 0 radical (unpaired) electrons. The first-order chi connectivity index (χ1) is 11.2. The van der Waals surface area contributed by atoms with Crippen molar-refractivity contribution in [1.82, 2.24) is 10.3 Å². The van der Waals surface area contributed by atoms with Gasteiger partial charge in [-0.25, -0.2) is 4.98 Å². The van der Waals surface area contributed by atoms with Gasteiger partial charge in [-0.2, -0.15) is 0 Å². The Hall–Kier alpha value is -1.92. The number of carbonyl (C=O) groups excluding carboxylic acids is 1. The van der Waals surface area contributed by atoms with E-state index in [-0.39, 0.29) is 5.91 Å². The van der Waals surface area contributed by atoms with Gasteiger partial charge in [-0.1, -0.05) is 12.1 Å². The highest BCUT2D eigenvalue weighted by molar-refractivity contribution is 7.09. The first-order valence-electron chi connectivity index (χ1n) is 7.53. The van der Waals surface area contributed by atoms with E-state index in [1.54, 1.807) is 25.6 Å². The number of benzene rings is 1. The van der Waals surface area contributed by atoms with Crippen LogP contribution in [0.2, 0.25) is 0 Å². The summed E-state index contributed by atoms with van der Waals surface area (Å²) in [4.78, 5) is 16.3. The molecule has 124 valence electrons. The molecule has 0 aliphatic carbocycles. The smallest absolute Gasteiger partial charge is 0.220 e. The van der Waals surface area contributed by atoms with Crippen LogP contribution < -0.4 is 10.1 Å². The second kappa shape index (κ2) is 9.27. The van der Waals surface area contributed by atoms with Gasteiger partial charge in [-0.15, -0.1) is 11.3 Å². The third-order valence-corrected chi connectivity index (χ3v) is 4.24. The average molecular weight is 334 g/mol. The fourth-order valence-corrected chi connectivity index (χ4v) is 2.92. The zero-order valence-corrected chi connectivity index (χ0v) is 14.3. The number of aromatic nitrogens is 1. The van der Waals surface area contributed by atoms with E-state index in [1.807, 2.05) is 29.6 Å². The molecule has 1 amide bonds. The Bertz CT molecular complexity index is 611. The van der Waals surface area contributed by atoms with Gasteiger partial charge in [0.15, 0.2) is 0 Å². The number of nitrogens with one attached hydrogen (secondary N) is 1. The maximum atomic E-state index is 11.9. The molecular weight excluding hydrogens is 312 g/mol. The summed E-state index contributed by atoms with van der Waals surface area (Å²) in [5.74, 6) is 0.891. The van der Waals surface area contributed by atoms with Crippen LogP contribution in [0.5, 0.6) is 5.75 Å². The number of ether oxygens (including phenoxy) is 2. The van der Waals surface area contributed by atoms with Gasteiger partial charge in [0.1, 0.15) is 10.8 Å². The Morgan fingerprint density at radius 1 is 1.22 bits per heavy atom. The Balaban J connectivity index is 1.66. The second-order valence-corrected chi connectivity index (χ2v) is 6.06. The molecule has 0 saturated heterocycles. The fraction of sp³-hybridized carbons (Fsp3) is 0.412. The lowest BCUT2D eigenvalue weighted by atomic mass is 10.1. The minimum Gasteiger partial charge on any atom is -0.497 e. The highest BCUT2D eigenvalue weighted by atomic mass is 32.1. The number of methoxy groups -OCH3 is 2. The summed E-state index contributed by atoms with van der Waals surface area (Å²) in [6.45, 7) is 1.15. The normalized spacial score (nSPS) is 10.5. The second-order valence-electron chi connectivity index (χ2n) is 5.11. The van der Waals surface area contributed by atoms with Gasteiger partial charge in [0, 0.05) is 31.9 Å². The van der Waals surface area contributed by atoms with Gasteiger partial charge in [0.05, 0.1) is 19.4 Å². The summed E-state index contributed by atoms with van der Waals surface area (Å²) < 4.78 is 10.2. The molecule has 1 N–H and O–H groups in total. The molecule has 5 nitrogen and oxygen atoms in total. The number of hydrogen-bond donors (Lipinski definition) is 1. The van der Waals surface area contributed by atoms with E-state index < -0.39 is 0 Å². The van der Waals surface area contributed by atoms with Gasteiger partial charge in [-0.3, -0.25) is 4.79 Å². The van der Waals surface area contributed by atoms with E-state index in [2.05, 4.69) is 10.3 Å². The predicted octanol–water partition coefficient (Wildman–Crippen LogP) is 2.59. The maximum absolute atomic E-state index is 11.9. The molecule has 0 saturated carbocycles. The van der Waals surface area contributed by atoms with E-state index in [0.29, 0.717) is 19.6 Å². The highest BCUT2D eigenvalue weighted by Crippen LogP contribution is 2.13. The lowest BCUT2D eigenvalue weighted by Crippen LogP contribution is -2.25. The Kier molecular flexibility index (Phi) is 7.03. The van der Waals surface area contributed by atoms with Crippen LogP contribution in [0.15, 0.2) is 29.6 Å². The molecule has 0 aliphatic heterocycles. The van der Waals surface area contributed by atoms with Gasteiger partial charge >= 0.3 is 0 Å². The van der Waals surface area contributed by atoms with Crippen molar-refractivity contribution in [3.8, 4) is 5.75 Å². The molecule has 1 aromatic heterocycles. The Morgan fingerprint density at radius 2 is 2.00 bits per heavy atom. The van der Waals surface area contributed by atoms with Crippen LogP contribution in [0.3, 0.4) is 0 Å². The summed E-state index contributed by atoms with van der Waals surface area (Å²) in [6.07, 6.45) is 1.96. The summed E-state index contributed by atoms with van der Waals surface area (Å²) in [5, 5.41) is 5.91. The molecule has 1 aromatic carbocycles. The van der Waals surface area contributed by atoms with Crippen molar-refractivity contribution in [2.45, 2.75) is 25.9 Å². The Morgan fingerprint density at radius 3 is 2.70 bits per heavy atom. The van der Waals surface area contributed by atoms with Crippen LogP contribution in [0.25, 0.3) is 0 Å². The summed E-state index contributed by atoms with van der Waals surface area (Å²) in [6, 6.07) is 7.79. The summed E-state index contributed by atoms with van der Waals surface area (Å²) >= 11 is 1.58. The SMILES string of the molecule is COCc1nc(CCNC(=O)CCc2ccc(OC)cc2)cs1. The monoisotopic (exact) mass is 334 g/mol. The maximum Gasteiger partial charge on any atom is 0.220 e. The van der Waals surface area contributed by atoms with Crippen molar-refractivity contribution >= 4 is 17.2 Å². The average Bonchev–Trinajstić information content (AvgIpc) is 3.01. The zero-order chi connectivity index (χ0) is 16.5. The van der Waals surface area contributed by atoms with E-state index >= 15 is 0 Å². The predicted molar refractivity (Wildman–Crippen MR) is 90.9 cm³/mol. The van der Waals surface area contributed by atoms with Crippen LogP contribution in [0.1, 0.15) is 22.7 Å². The van der Waals surface area contributed by atoms with Crippen molar-refractivity contribution in [2.75, 3.05) is 20.8 Å². The number of rotatable bonds is 9. The van der Waals surface area contributed by atoms with Crippen LogP contribution in [0.4, 0.5) is 0 Å². The van der Waals surface area contributed by atoms with Crippen molar-refractivity contribution in [1.29, 1.82) is 0 Å². The van der Waals surface area contributed by atoms with Crippen LogP contribution in [-0.4, -0.2) is 31.7 Å². The van der Waals surface area contributed by atoms with Crippen molar-refractivity contribution in [3.05, 3.63) is 45.9 Å². The first-order valence-corrected chi connectivity index (χ1v) is 8.41. The third kappa shape index (κ3) is 6.00. The number of amides is 1. The number of thiazole rings is 1. The molecule has 0 unspecified atom stereocenters. The van der Waals surface area contributed by atoms with Crippen molar-refractivity contribution in [2.24, 2.45) is 0 Å². The summed E-state index contributed by atoms with van der Waals surface area (Å²) in [7, 11) is 3.30. The van der Waals surface area contributed by atoms with Gasteiger partial charge in [-0.05, 0) is 24.1 Å². The lowest BCUT2D eigenvalue weighted by Gasteiger charge is -2.05. The molecule has 6 heteroatoms. The minimum atomic E-state index is 0.0631. The molecule has 0 spiro atoms. The standard InChI is InChI=1S/C17H22N2O3S/c1-21-11-17-19-14(12-23-17)9-10-18-16(20)8-5-13-3-6-15(22-2)7-4-13/h3-4,6-7,12H,5,8-11H2,1-2H3,(H,18,20). The molecule has 2 aromatic rings. The third-order valence-electron chi connectivity index (χ3n) is 3.37. The van der Waals surface area contributed by atoms with Crippen molar-refractivity contribution in [3.63, 3.8) is 0 Å². The molecule has 0 fully saturated rings. The number of nitrogens with zero attached hydrogens (tertiary/aromatic N) is 1. The largest absolute Gasteiger partial charge is 0.497 e. The van der Waals surface area contributed by atoms with Gasteiger partial charge in [0.2, 0.25) is 5.91 Å². The lowest BCUT2D eigenvalue weighted by molar-refractivity contribution is -0.121. The van der Waals surface area contributed by atoms with Crippen LogP contribution in [-0.2, 0) is 29.0 Å². The summed E-state index contributed by atoms with van der Waals surface area (Å²) in [5.41, 5.74) is 2.13. The van der Waals surface area contributed by atoms with Gasteiger partial charge < -0.3 is 14.8 Å². The van der Waals surface area contributed by atoms with Crippen molar-refractivity contribution < 1.29 is 14.3 Å². The quantitative estimate of drug-likeness (QED) is 0.766. The molecule has 23 heavy (non-hydrogen) atoms. The topological polar surface area (TPSA) is 60.5 Å².